The summed E-state index contributed by atoms with van der Waals surface area (Å²) in [7, 11) is 0. The molecule has 1 rings (SSSR count). The molecular weight excluding hydrogens is 160 g/mol. The predicted octanol–water partition coefficient (Wildman–Crippen LogP) is 2.84. The van der Waals surface area contributed by atoms with Crippen molar-refractivity contribution in [2.45, 2.75) is 26.7 Å². The van der Waals surface area contributed by atoms with Crippen LogP contribution in [0.2, 0.25) is 0 Å². The second-order valence-electron chi connectivity index (χ2n) is 3.41. The Morgan fingerprint density at radius 3 is 2.38 bits per heavy atom. The van der Waals surface area contributed by atoms with Crippen LogP contribution in [0.5, 0.6) is 0 Å². The van der Waals surface area contributed by atoms with Crippen molar-refractivity contribution >= 4 is 5.78 Å². The molecule has 0 spiro atoms. The first-order valence-corrected chi connectivity index (χ1v) is 4.78. The molecule has 0 aliphatic heterocycles. The quantitative estimate of drug-likeness (QED) is 0.689. The number of hydrogen-bond acceptors (Lipinski definition) is 1. The molecule has 1 aromatic rings. The van der Waals surface area contributed by atoms with Crippen LogP contribution < -0.4 is 0 Å². The first-order valence-electron chi connectivity index (χ1n) is 4.78. The fourth-order valence-corrected chi connectivity index (χ4v) is 1.47. The Bertz CT molecular complexity index is 264. The molecule has 0 radical (unpaired) electrons. The summed E-state index contributed by atoms with van der Waals surface area (Å²) in [6, 6.07) is 10.2. The molecule has 0 heterocycles. The van der Waals surface area contributed by atoms with Crippen molar-refractivity contribution in [3.8, 4) is 0 Å². The summed E-state index contributed by atoms with van der Waals surface area (Å²) < 4.78 is 0. The lowest BCUT2D eigenvalue weighted by atomic mass is 9.94. The van der Waals surface area contributed by atoms with E-state index in [1.807, 2.05) is 18.2 Å². The number of Topliss-reactive ketones (excluding diaryl/α,β-unsaturated/α-hetero) is 1. The third kappa shape index (κ3) is 3.02. The molecule has 1 atom stereocenters. The summed E-state index contributed by atoms with van der Waals surface area (Å²) in [5.41, 5.74) is 1.25. The van der Waals surface area contributed by atoms with Crippen LogP contribution in [0, 0.1) is 5.92 Å². The summed E-state index contributed by atoms with van der Waals surface area (Å²) >= 11 is 0. The van der Waals surface area contributed by atoms with Crippen molar-refractivity contribution in [3.63, 3.8) is 0 Å². The van der Waals surface area contributed by atoms with Gasteiger partial charge in [0.05, 0.1) is 0 Å². The number of carbonyl (C=O) groups excluding carboxylic acids is 1. The van der Waals surface area contributed by atoms with Gasteiger partial charge in [-0.3, -0.25) is 4.79 Å². The van der Waals surface area contributed by atoms with Gasteiger partial charge in [0.25, 0.3) is 0 Å². The Morgan fingerprint density at radius 1 is 1.31 bits per heavy atom. The largest absolute Gasteiger partial charge is 0.300 e. The van der Waals surface area contributed by atoms with Gasteiger partial charge >= 0.3 is 0 Å². The zero-order valence-electron chi connectivity index (χ0n) is 8.29. The number of benzene rings is 1. The van der Waals surface area contributed by atoms with Crippen molar-refractivity contribution in [2.75, 3.05) is 0 Å². The maximum absolute atomic E-state index is 11.2. The Hall–Kier alpha value is -1.11. The standard InChI is InChI=1S/C12H16O/c1-3-12(10(2)13)9-11-7-5-4-6-8-11/h4-8,12H,3,9H2,1-2H3. The maximum atomic E-state index is 11.2. The molecule has 0 aromatic heterocycles. The fraction of sp³-hybridized carbons (Fsp3) is 0.417. The molecule has 0 fully saturated rings. The van der Waals surface area contributed by atoms with Gasteiger partial charge < -0.3 is 0 Å². The van der Waals surface area contributed by atoms with Crippen LogP contribution >= 0.6 is 0 Å². The number of rotatable bonds is 4. The van der Waals surface area contributed by atoms with E-state index in [1.165, 1.54) is 5.56 Å². The second kappa shape index (κ2) is 4.80. The SMILES string of the molecule is CCC(Cc1ccccc1)C(C)=O. The fourth-order valence-electron chi connectivity index (χ4n) is 1.47. The molecule has 0 aliphatic rings. The van der Waals surface area contributed by atoms with Gasteiger partial charge in [0.15, 0.2) is 0 Å². The van der Waals surface area contributed by atoms with Crippen molar-refractivity contribution < 1.29 is 4.79 Å². The minimum absolute atomic E-state index is 0.197. The van der Waals surface area contributed by atoms with Gasteiger partial charge in [0.1, 0.15) is 5.78 Å². The highest BCUT2D eigenvalue weighted by atomic mass is 16.1. The Labute approximate surface area is 79.8 Å². The van der Waals surface area contributed by atoms with E-state index in [0.717, 1.165) is 12.8 Å². The third-order valence-corrected chi connectivity index (χ3v) is 2.39. The van der Waals surface area contributed by atoms with Crippen LogP contribution in [-0.2, 0) is 11.2 Å². The van der Waals surface area contributed by atoms with Crippen LogP contribution in [0.3, 0.4) is 0 Å². The van der Waals surface area contributed by atoms with Gasteiger partial charge in [-0.15, -0.1) is 0 Å². The molecule has 0 aliphatic carbocycles. The highest BCUT2D eigenvalue weighted by Gasteiger charge is 2.11. The van der Waals surface area contributed by atoms with Crippen LogP contribution in [0.1, 0.15) is 25.8 Å². The van der Waals surface area contributed by atoms with E-state index in [4.69, 9.17) is 0 Å². The zero-order valence-corrected chi connectivity index (χ0v) is 8.29. The average Bonchev–Trinajstić information content (AvgIpc) is 2.15. The lowest BCUT2D eigenvalue weighted by molar-refractivity contribution is -0.120. The zero-order chi connectivity index (χ0) is 9.68. The summed E-state index contributed by atoms with van der Waals surface area (Å²) in [4.78, 5) is 11.2. The summed E-state index contributed by atoms with van der Waals surface area (Å²) in [6.45, 7) is 3.74. The lowest BCUT2D eigenvalue weighted by Crippen LogP contribution is -2.12. The van der Waals surface area contributed by atoms with E-state index in [1.54, 1.807) is 6.92 Å². The van der Waals surface area contributed by atoms with Crippen molar-refractivity contribution in [2.24, 2.45) is 5.92 Å². The molecule has 1 nitrogen and oxygen atoms in total. The van der Waals surface area contributed by atoms with Crippen LogP contribution in [0.15, 0.2) is 30.3 Å². The lowest BCUT2D eigenvalue weighted by Gasteiger charge is -2.10. The number of carbonyl (C=O) groups is 1. The molecule has 1 aromatic carbocycles. The van der Waals surface area contributed by atoms with Crippen molar-refractivity contribution in [3.05, 3.63) is 35.9 Å². The Balaban J connectivity index is 2.62. The van der Waals surface area contributed by atoms with Crippen LogP contribution in [-0.4, -0.2) is 5.78 Å². The minimum Gasteiger partial charge on any atom is -0.300 e. The van der Waals surface area contributed by atoms with Crippen LogP contribution in [0.4, 0.5) is 0 Å². The molecule has 13 heavy (non-hydrogen) atoms. The molecule has 0 amide bonds. The monoisotopic (exact) mass is 176 g/mol. The number of ketones is 1. The van der Waals surface area contributed by atoms with Crippen LogP contribution in [0.25, 0.3) is 0 Å². The molecule has 0 saturated carbocycles. The van der Waals surface area contributed by atoms with E-state index in [-0.39, 0.29) is 5.92 Å². The third-order valence-electron chi connectivity index (χ3n) is 2.39. The van der Waals surface area contributed by atoms with E-state index in [0.29, 0.717) is 5.78 Å². The van der Waals surface area contributed by atoms with Crippen molar-refractivity contribution in [1.29, 1.82) is 0 Å². The molecule has 0 saturated heterocycles. The highest BCUT2D eigenvalue weighted by Crippen LogP contribution is 2.12. The topological polar surface area (TPSA) is 17.1 Å². The molecule has 70 valence electrons. The molecular formula is C12H16O. The minimum atomic E-state index is 0.197. The second-order valence-corrected chi connectivity index (χ2v) is 3.41. The van der Waals surface area contributed by atoms with Gasteiger partial charge in [0, 0.05) is 5.92 Å². The smallest absolute Gasteiger partial charge is 0.133 e. The van der Waals surface area contributed by atoms with E-state index in [9.17, 15) is 4.79 Å². The normalized spacial score (nSPS) is 12.5. The summed E-state index contributed by atoms with van der Waals surface area (Å²) in [5.74, 6) is 0.494. The molecule has 1 unspecified atom stereocenters. The highest BCUT2D eigenvalue weighted by molar-refractivity contribution is 5.78. The van der Waals surface area contributed by atoms with Gasteiger partial charge in [0.2, 0.25) is 0 Å². The molecule has 1 heteroatoms. The van der Waals surface area contributed by atoms with Gasteiger partial charge in [-0.2, -0.15) is 0 Å². The summed E-state index contributed by atoms with van der Waals surface area (Å²) in [5, 5.41) is 0. The van der Waals surface area contributed by atoms with E-state index < -0.39 is 0 Å². The Morgan fingerprint density at radius 2 is 1.92 bits per heavy atom. The van der Waals surface area contributed by atoms with Gasteiger partial charge in [-0.25, -0.2) is 0 Å². The Kier molecular flexibility index (Phi) is 3.69. The van der Waals surface area contributed by atoms with Gasteiger partial charge in [-0.05, 0) is 25.3 Å². The molecule has 0 N–H and O–H groups in total. The van der Waals surface area contributed by atoms with E-state index >= 15 is 0 Å². The number of hydrogen-bond donors (Lipinski definition) is 0. The molecule has 0 bridgehead atoms. The first-order chi connectivity index (χ1) is 6.24. The van der Waals surface area contributed by atoms with Crippen molar-refractivity contribution in [1.82, 2.24) is 0 Å². The average molecular weight is 176 g/mol. The van der Waals surface area contributed by atoms with Gasteiger partial charge in [-0.1, -0.05) is 37.3 Å². The predicted molar refractivity (Wildman–Crippen MR) is 54.6 cm³/mol. The maximum Gasteiger partial charge on any atom is 0.133 e. The summed E-state index contributed by atoms with van der Waals surface area (Å²) in [6.07, 6.45) is 1.82. The van der Waals surface area contributed by atoms with E-state index in [2.05, 4.69) is 19.1 Å². The first kappa shape index (κ1) is 9.97.